The van der Waals surface area contributed by atoms with Gasteiger partial charge < -0.3 is 15.6 Å². The van der Waals surface area contributed by atoms with Crippen LogP contribution in [0.25, 0.3) is 0 Å². The first kappa shape index (κ1) is 13.1. The molecule has 0 heterocycles. The SMILES string of the molecule is Nc1ccc(C(O)C(=O)OCc2ccccc2)cc1. The van der Waals surface area contributed by atoms with Crippen molar-refractivity contribution < 1.29 is 14.6 Å². The Bertz CT molecular complexity index is 537. The molecule has 2 aromatic rings. The first-order valence-corrected chi connectivity index (χ1v) is 5.91. The van der Waals surface area contributed by atoms with Gasteiger partial charge in [-0.25, -0.2) is 4.79 Å². The van der Waals surface area contributed by atoms with Crippen LogP contribution in [0.3, 0.4) is 0 Å². The molecule has 0 aromatic heterocycles. The Labute approximate surface area is 111 Å². The van der Waals surface area contributed by atoms with Crippen LogP contribution >= 0.6 is 0 Å². The minimum Gasteiger partial charge on any atom is -0.459 e. The zero-order chi connectivity index (χ0) is 13.7. The molecule has 0 aliphatic rings. The molecule has 0 saturated carbocycles. The van der Waals surface area contributed by atoms with Gasteiger partial charge in [-0.3, -0.25) is 0 Å². The summed E-state index contributed by atoms with van der Waals surface area (Å²) in [5.41, 5.74) is 7.46. The van der Waals surface area contributed by atoms with Gasteiger partial charge in [-0.1, -0.05) is 42.5 Å². The zero-order valence-electron chi connectivity index (χ0n) is 10.3. The molecule has 4 nitrogen and oxygen atoms in total. The topological polar surface area (TPSA) is 72.5 Å². The lowest BCUT2D eigenvalue weighted by Gasteiger charge is -2.11. The number of ether oxygens (including phenoxy) is 1. The van der Waals surface area contributed by atoms with Crippen LogP contribution in [0, 0.1) is 0 Å². The predicted molar refractivity (Wildman–Crippen MR) is 72.1 cm³/mol. The van der Waals surface area contributed by atoms with Gasteiger partial charge in [0.1, 0.15) is 6.61 Å². The molecule has 98 valence electrons. The molecule has 0 spiro atoms. The number of esters is 1. The zero-order valence-corrected chi connectivity index (χ0v) is 10.3. The van der Waals surface area contributed by atoms with Gasteiger partial charge in [-0.2, -0.15) is 0 Å². The van der Waals surface area contributed by atoms with Gasteiger partial charge in [0.2, 0.25) is 0 Å². The quantitative estimate of drug-likeness (QED) is 0.649. The van der Waals surface area contributed by atoms with Crippen LogP contribution in [0.1, 0.15) is 17.2 Å². The van der Waals surface area contributed by atoms with Crippen molar-refractivity contribution >= 4 is 11.7 Å². The van der Waals surface area contributed by atoms with Crippen molar-refractivity contribution in [1.29, 1.82) is 0 Å². The molecule has 1 unspecified atom stereocenters. The molecule has 0 bridgehead atoms. The Hall–Kier alpha value is -2.33. The summed E-state index contributed by atoms with van der Waals surface area (Å²) in [5, 5.41) is 9.84. The number of carbonyl (C=O) groups excluding carboxylic acids is 1. The number of aliphatic hydroxyl groups is 1. The number of hydrogen-bond donors (Lipinski definition) is 2. The summed E-state index contributed by atoms with van der Waals surface area (Å²) in [6, 6.07) is 15.8. The van der Waals surface area contributed by atoms with Gasteiger partial charge in [0.15, 0.2) is 6.10 Å². The molecule has 0 aliphatic heterocycles. The van der Waals surface area contributed by atoms with Crippen molar-refractivity contribution in [3.63, 3.8) is 0 Å². The lowest BCUT2D eigenvalue weighted by Crippen LogP contribution is -2.15. The van der Waals surface area contributed by atoms with E-state index >= 15 is 0 Å². The standard InChI is InChI=1S/C15H15NO3/c16-13-8-6-12(7-9-13)14(17)15(18)19-10-11-4-2-1-3-5-11/h1-9,14,17H,10,16H2. The highest BCUT2D eigenvalue weighted by Crippen LogP contribution is 2.16. The van der Waals surface area contributed by atoms with E-state index in [2.05, 4.69) is 0 Å². The van der Waals surface area contributed by atoms with E-state index in [4.69, 9.17) is 10.5 Å². The Morgan fingerprint density at radius 1 is 1.11 bits per heavy atom. The Kier molecular flexibility index (Phi) is 4.15. The van der Waals surface area contributed by atoms with Crippen LogP contribution < -0.4 is 5.73 Å². The summed E-state index contributed by atoms with van der Waals surface area (Å²) in [4.78, 5) is 11.7. The maximum atomic E-state index is 11.7. The van der Waals surface area contributed by atoms with Gasteiger partial charge in [0.05, 0.1) is 0 Å². The second-order valence-electron chi connectivity index (χ2n) is 4.16. The molecule has 0 amide bonds. The number of anilines is 1. The van der Waals surface area contributed by atoms with Gasteiger partial charge in [-0.05, 0) is 23.3 Å². The number of nitrogen functional groups attached to an aromatic ring is 1. The molecule has 0 saturated heterocycles. The average Bonchev–Trinajstić information content (AvgIpc) is 2.46. The minimum absolute atomic E-state index is 0.145. The summed E-state index contributed by atoms with van der Waals surface area (Å²) < 4.78 is 5.05. The van der Waals surface area contributed by atoms with E-state index in [1.54, 1.807) is 24.3 Å². The second-order valence-corrected chi connectivity index (χ2v) is 4.16. The van der Waals surface area contributed by atoms with E-state index in [1.165, 1.54) is 0 Å². The summed E-state index contributed by atoms with van der Waals surface area (Å²) in [7, 11) is 0. The van der Waals surface area contributed by atoms with Crippen molar-refractivity contribution in [2.75, 3.05) is 5.73 Å². The fourth-order valence-corrected chi connectivity index (χ4v) is 1.62. The average molecular weight is 257 g/mol. The van der Waals surface area contributed by atoms with E-state index in [0.29, 0.717) is 11.3 Å². The van der Waals surface area contributed by atoms with Gasteiger partial charge in [-0.15, -0.1) is 0 Å². The van der Waals surface area contributed by atoms with E-state index < -0.39 is 12.1 Å². The normalized spacial score (nSPS) is 11.8. The molecule has 0 radical (unpaired) electrons. The van der Waals surface area contributed by atoms with Crippen molar-refractivity contribution in [3.05, 3.63) is 65.7 Å². The molecule has 1 atom stereocenters. The lowest BCUT2D eigenvalue weighted by atomic mass is 10.1. The largest absolute Gasteiger partial charge is 0.459 e. The van der Waals surface area contributed by atoms with Gasteiger partial charge in [0, 0.05) is 5.69 Å². The van der Waals surface area contributed by atoms with Crippen LogP contribution in [0.2, 0.25) is 0 Å². The summed E-state index contributed by atoms with van der Waals surface area (Å²) in [6.07, 6.45) is -1.29. The number of benzene rings is 2. The van der Waals surface area contributed by atoms with E-state index in [1.807, 2.05) is 30.3 Å². The minimum atomic E-state index is -1.29. The molecular weight excluding hydrogens is 242 g/mol. The monoisotopic (exact) mass is 257 g/mol. The second kappa shape index (κ2) is 6.02. The molecule has 4 heteroatoms. The molecule has 2 rings (SSSR count). The highest BCUT2D eigenvalue weighted by atomic mass is 16.5. The maximum Gasteiger partial charge on any atom is 0.339 e. The van der Waals surface area contributed by atoms with Crippen LogP contribution in [0.4, 0.5) is 5.69 Å². The molecule has 3 N–H and O–H groups in total. The summed E-state index contributed by atoms with van der Waals surface area (Å²) >= 11 is 0. The fourth-order valence-electron chi connectivity index (χ4n) is 1.62. The third-order valence-corrected chi connectivity index (χ3v) is 2.70. The third-order valence-electron chi connectivity index (χ3n) is 2.70. The van der Waals surface area contributed by atoms with Crippen molar-refractivity contribution in [2.45, 2.75) is 12.7 Å². The molecule has 2 aromatic carbocycles. The summed E-state index contributed by atoms with van der Waals surface area (Å²) in [5.74, 6) is -0.673. The molecule has 0 aliphatic carbocycles. The first-order chi connectivity index (χ1) is 9.16. The van der Waals surface area contributed by atoms with Crippen LogP contribution in [-0.4, -0.2) is 11.1 Å². The highest BCUT2D eigenvalue weighted by Gasteiger charge is 2.18. The fraction of sp³-hybridized carbons (Fsp3) is 0.133. The number of rotatable bonds is 4. The smallest absolute Gasteiger partial charge is 0.339 e. The van der Waals surface area contributed by atoms with Crippen molar-refractivity contribution in [3.8, 4) is 0 Å². The van der Waals surface area contributed by atoms with Crippen LogP contribution in [0.5, 0.6) is 0 Å². The van der Waals surface area contributed by atoms with Gasteiger partial charge >= 0.3 is 5.97 Å². The Morgan fingerprint density at radius 2 is 1.74 bits per heavy atom. The highest BCUT2D eigenvalue weighted by molar-refractivity contribution is 5.76. The first-order valence-electron chi connectivity index (χ1n) is 5.91. The molecule has 0 fully saturated rings. The van der Waals surface area contributed by atoms with Crippen LogP contribution in [0.15, 0.2) is 54.6 Å². The van der Waals surface area contributed by atoms with Crippen molar-refractivity contribution in [1.82, 2.24) is 0 Å². The molecule has 19 heavy (non-hydrogen) atoms. The van der Waals surface area contributed by atoms with Crippen molar-refractivity contribution in [2.24, 2.45) is 0 Å². The number of carbonyl (C=O) groups is 1. The maximum absolute atomic E-state index is 11.7. The van der Waals surface area contributed by atoms with E-state index in [0.717, 1.165) is 5.56 Å². The van der Waals surface area contributed by atoms with E-state index in [-0.39, 0.29) is 6.61 Å². The molecular formula is C15H15NO3. The summed E-state index contributed by atoms with van der Waals surface area (Å²) in [6.45, 7) is 0.145. The number of hydrogen-bond acceptors (Lipinski definition) is 4. The van der Waals surface area contributed by atoms with E-state index in [9.17, 15) is 9.90 Å². The number of aliphatic hydroxyl groups excluding tert-OH is 1. The number of nitrogens with two attached hydrogens (primary N) is 1. The lowest BCUT2D eigenvalue weighted by molar-refractivity contribution is -0.155. The Balaban J connectivity index is 1.94. The van der Waals surface area contributed by atoms with Gasteiger partial charge in [0.25, 0.3) is 0 Å². The Morgan fingerprint density at radius 3 is 2.37 bits per heavy atom. The predicted octanol–water partition coefficient (Wildman–Crippen LogP) is 2.05. The third kappa shape index (κ3) is 3.56. The van der Waals surface area contributed by atoms with Crippen LogP contribution in [-0.2, 0) is 16.1 Å².